The fourth-order valence-electron chi connectivity index (χ4n) is 1.90. The standard InChI is InChI=1S/C14H17N3O2S/c1-10(14-9-20-11(2)16-14)15-8-7-12-3-5-13(6-4-12)17(18)19/h3-6,9-10,15H,7-8H2,1-2H3. The van der Waals surface area contributed by atoms with Gasteiger partial charge in [0.1, 0.15) is 0 Å². The number of nitrogens with zero attached hydrogens (tertiary/aromatic N) is 2. The van der Waals surface area contributed by atoms with Gasteiger partial charge in [-0.2, -0.15) is 0 Å². The molecule has 0 aliphatic rings. The summed E-state index contributed by atoms with van der Waals surface area (Å²) in [6.07, 6.45) is 0.839. The summed E-state index contributed by atoms with van der Waals surface area (Å²) in [6.45, 7) is 4.90. The summed E-state index contributed by atoms with van der Waals surface area (Å²) in [4.78, 5) is 14.6. The maximum atomic E-state index is 10.6. The van der Waals surface area contributed by atoms with Crippen LogP contribution in [-0.4, -0.2) is 16.5 Å². The average molecular weight is 291 g/mol. The van der Waals surface area contributed by atoms with E-state index < -0.39 is 0 Å². The number of nitro groups is 1. The van der Waals surface area contributed by atoms with E-state index in [1.807, 2.05) is 6.92 Å². The first-order chi connectivity index (χ1) is 9.56. The van der Waals surface area contributed by atoms with Gasteiger partial charge >= 0.3 is 0 Å². The molecule has 1 aromatic carbocycles. The minimum absolute atomic E-state index is 0.132. The van der Waals surface area contributed by atoms with E-state index in [0.29, 0.717) is 0 Å². The van der Waals surface area contributed by atoms with Crippen LogP contribution in [0.15, 0.2) is 29.6 Å². The van der Waals surface area contributed by atoms with Gasteiger partial charge in [0, 0.05) is 23.6 Å². The Morgan fingerprint density at radius 3 is 2.65 bits per heavy atom. The van der Waals surface area contributed by atoms with Gasteiger partial charge in [0.2, 0.25) is 0 Å². The van der Waals surface area contributed by atoms with Crippen LogP contribution in [0.4, 0.5) is 5.69 Å². The highest BCUT2D eigenvalue weighted by Crippen LogP contribution is 2.16. The van der Waals surface area contributed by atoms with E-state index in [9.17, 15) is 10.1 Å². The Labute approximate surface area is 121 Å². The van der Waals surface area contributed by atoms with Gasteiger partial charge in [-0.25, -0.2) is 4.98 Å². The number of hydrogen-bond donors (Lipinski definition) is 1. The Bertz CT molecular complexity index is 580. The van der Waals surface area contributed by atoms with E-state index in [-0.39, 0.29) is 16.7 Å². The van der Waals surface area contributed by atoms with Gasteiger partial charge in [-0.15, -0.1) is 11.3 Å². The van der Waals surface area contributed by atoms with Crippen LogP contribution in [0.2, 0.25) is 0 Å². The summed E-state index contributed by atoms with van der Waals surface area (Å²) < 4.78 is 0. The highest BCUT2D eigenvalue weighted by Gasteiger charge is 2.08. The lowest BCUT2D eigenvalue weighted by Gasteiger charge is -2.11. The summed E-state index contributed by atoms with van der Waals surface area (Å²) in [6, 6.07) is 6.91. The van der Waals surface area contributed by atoms with E-state index >= 15 is 0 Å². The smallest absolute Gasteiger partial charge is 0.269 e. The molecule has 2 aromatic rings. The van der Waals surface area contributed by atoms with Gasteiger partial charge in [0.25, 0.3) is 5.69 Å². The predicted octanol–water partition coefficient (Wildman–Crippen LogP) is 3.25. The normalized spacial score (nSPS) is 12.3. The quantitative estimate of drug-likeness (QED) is 0.655. The Morgan fingerprint density at radius 1 is 1.40 bits per heavy atom. The molecule has 1 heterocycles. The summed E-state index contributed by atoms with van der Waals surface area (Å²) >= 11 is 1.65. The van der Waals surface area contributed by atoms with Gasteiger partial charge in [-0.05, 0) is 32.4 Å². The topological polar surface area (TPSA) is 68.1 Å². The Morgan fingerprint density at radius 2 is 2.10 bits per heavy atom. The van der Waals surface area contributed by atoms with Crippen LogP contribution >= 0.6 is 11.3 Å². The molecule has 5 nitrogen and oxygen atoms in total. The fraction of sp³-hybridized carbons (Fsp3) is 0.357. The van der Waals surface area contributed by atoms with E-state index in [1.165, 1.54) is 0 Å². The number of thiazole rings is 1. The Balaban J connectivity index is 1.82. The van der Waals surface area contributed by atoms with Gasteiger partial charge in [0.15, 0.2) is 0 Å². The molecule has 2 rings (SSSR count). The van der Waals surface area contributed by atoms with Crippen LogP contribution in [-0.2, 0) is 6.42 Å². The average Bonchev–Trinajstić information content (AvgIpc) is 2.86. The van der Waals surface area contributed by atoms with Crippen molar-refractivity contribution >= 4 is 17.0 Å². The van der Waals surface area contributed by atoms with Crippen molar-refractivity contribution in [1.29, 1.82) is 0 Å². The molecule has 6 heteroatoms. The van der Waals surface area contributed by atoms with Crippen LogP contribution in [0.25, 0.3) is 0 Å². The van der Waals surface area contributed by atoms with Gasteiger partial charge in [0.05, 0.1) is 15.6 Å². The van der Waals surface area contributed by atoms with Gasteiger partial charge in [-0.1, -0.05) is 12.1 Å². The molecule has 0 aliphatic heterocycles. The summed E-state index contributed by atoms with van der Waals surface area (Å²) in [5.74, 6) is 0. The molecule has 20 heavy (non-hydrogen) atoms. The third-order valence-electron chi connectivity index (χ3n) is 3.09. The van der Waals surface area contributed by atoms with Crippen molar-refractivity contribution < 1.29 is 4.92 Å². The highest BCUT2D eigenvalue weighted by molar-refractivity contribution is 7.09. The second-order valence-corrected chi connectivity index (χ2v) is 5.70. The maximum Gasteiger partial charge on any atom is 0.269 e. The Kier molecular flexibility index (Phi) is 4.81. The zero-order valence-corrected chi connectivity index (χ0v) is 12.3. The number of nitro benzene ring substituents is 1. The molecular formula is C14H17N3O2S. The third-order valence-corrected chi connectivity index (χ3v) is 3.88. The summed E-state index contributed by atoms with van der Waals surface area (Å²) in [5, 5.41) is 17.1. The maximum absolute atomic E-state index is 10.6. The van der Waals surface area contributed by atoms with Crippen LogP contribution in [0, 0.1) is 17.0 Å². The van der Waals surface area contributed by atoms with E-state index in [2.05, 4.69) is 22.6 Å². The molecule has 0 saturated heterocycles. The molecule has 0 aliphatic carbocycles. The first kappa shape index (κ1) is 14.6. The van der Waals surface area contributed by atoms with Crippen LogP contribution in [0.5, 0.6) is 0 Å². The second-order valence-electron chi connectivity index (χ2n) is 4.64. The highest BCUT2D eigenvalue weighted by atomic mass is 32.1. The van der Waals surface area contributed by atoms with Gasteiger partial charge in [-0.3, -0.25) is 10.1 Å². The molecule has 1 N–H and O–H groups in total. The molecule has 0 fully saturated rings. The number of hydrogen-bond acceptors (Lipinski definition) is 5. The number of non-ortho nitro benzene ring substituents is 1. The van der Waals surface area contributed by atoms with Crippen molar-refractivity contribution in [2.24, 2.45) is 0 Å². The van der Waals surface area contributed by atoms with Crippen molar-refractivity contribution in [3.8, 4) is 0 Å². The Hall–Kier alpha value is -1.79. The molecule has 1 aromatic heterocycles. The first-order valence-electron chi connectivity index (χ1n) is 6.45. The minimum atomic E-state index is -0.380. The van der Waals surface area contributed by atoms with Crippen LogP contribution < -0.4 is 5.32 Å². The number of aromatic nitrogens is 1. The van der Waals surface area contributed by atoms with Crippen molar-refractivity contribution in [3.63, 3.8) is 0 Å². The second kappa shape index (κ2) is 6.58. The van der Waals surface area contributed by atoms with Crippen molar-refractivity contribution in [2.45, 2.75) is 26.3 Å². The molecular weight excluding hydrogens is 274 g/mol. The SMILES string of the molecule is Cc1nc(C(C)NCCc2ccc([N+](=O)[O-])cc2)cs1. The number of benzene rings is 1. The lowest BCUT2D eigenvalue weighted by atomic mass is 10.1. The van der Waals surface area contributed by atoms with Crippen LogP contribution in [0.1, 0.15) is 29.2 Å². The molecule has 0 radical (unpaired) electrons. The predicted molar refractivity (Wildman–Crippen MR) is 80.1 cm³/mol. The first-order valence-corrected chi connectivity index (χ1v) is 7.33. The van der Waals surface area contributed by atoms with Crippen LogP contribution in [0.3, 0.4) is 0 Å². The minimum Gasteiger partial charge on any atom is -0.308 e. The zero-order chi connectivity index (χ0) is 14.5. The van der Waals surface area contributed by atoms with Gasteiger partial charge < -0.3 is 5.32 Å². The van der Waals surface area contributed by atoms with Crippen molar-refractivity contribution in [3.05, 3.63) is 56.0 Å². The number of aryl methyl sites for hydroxylation is 1. The molecule has 0 spiro atoms. The fourth-order valence-corrected chi connectivity index (χ4v) is 2.61. The molecule has 1 atom stereocenters. The van der Waals surface area contributed by atoms with Crippen molar-refractivity contribution in [2.75, 3.05) is 6.54 Å². The lowest BCUT2D eigenvalue weighted by molar-refractivity contribution is -0.384. The molecule has 0 bridgehead atoms. The van der Waals surface area contributed by atoms with E-state index in [4.69, 9.17) is 0 Å². The lowest BCUT2D eigenvalue weighted by Crippen LogP contribution is -2.21. The zero-order valence-electron chi connectivity index (χ0n) is 11.5. The number of nitrogens with one attached hydrogen (secondary N) is 1. The monoisotopic (exact) mass is 291 g/mol. The third kappa shape index (κ3) is 3.85. The van der Waals surface area contributed by atoms with E-state index in [1.54, 1.807) is 35.6 Å². The van der Waals surface area contributed by atoms with Crippen molar-refractivity contribution in [1.82, 2.24) is 10.3 Å². The molecule has 0 amide bonds. The molecule has 1 unspecified atom stereocenters. The molecule has 106 valence electrons. The molecule has 0 saturated carbocycles. The summed E-state index contributed by atoms with van der Waals surface area (Å²) in [7, 11) is 0. The van der Waals surface area contributed by atoms with E-state index in [0.717, 1.165) is 29.2 Å². The largest absolute Gasteiger partial charge is 0.308 e. The number of rotatable bonds is 6. The summed E-state index contributed by atoms with van der Waals surface area (Å²) in [5.41, 5.74) is 2.29.